The van der Waals surface area contributed by atoms with Gasteiger partial charge in [0.25, 0.3) is 5.91 Å². The molecule has 0 aliphatic heterocycles. The second kappa shape index (κ2) is 7.92. The van der Waals surface area contributed by atoms with Crippen molar-refractivity contribution in [2.45, 2.75) is 6.42 Å². The van der Waals surface area contributed by atoms with E-state index in [0.29, 0.717) is 17.8 Å². The Labute approximate surface area is 117 Å². The van der Waals surface area contributed by atoms with Gasteiger partial charge in [-0.25, -0.2) is 4.98 Å². The standard InChI is InChI=1S/C14H17N3O3/c1-15-13(19)7-8-17(2)14(20)12-6-5-11(10-16-12)4-3-9-18/h5-6,10,18H,7-9H2,1-2H3,(H,15,19). The van der Waals surface area contributed by atoms with E-state index in [1.807, 2.05) is 0 Å². The molecule has 6 heteroatoms. The highest BCUT2D eigenvalue weighted by Gasteiger charge is 2.13. The Kier molecular flexibility index (Phi) is 6.20. The Bertz CT molecular complexity index is 529. The van der Waals surface area contributed by atoms with Crippen molar-refractivity contribution in [1.29, 1.82) is 0 Å². The zero-order chi connectivity index (χ0) is 15.0. The zero-order valence-electron chi connectivity index (χ0n) is 11.5. The number of amides is 2. The molecule has 0 unspecified atom stereocenters. The lowest BCUT2D eigenvalue weighted by molar-refractivity contribution is -0.120. The third kappa shape index (κ3) is 4.71. The van der Waals surface area contributed by atoms with Gasteiger partial charge in [0.15, 0.2) is 0 Å². The van der Waals surface area contributed by atoms with E-state index >= 15 is 0 Å². The maximum Gasteiger partial charge on any atom is 0.272 e. The van der Waals surface area contributed by atoms with Crippen molar-refractivity contribution in [2.75, 3.05) is 27.2 Å². The van der Waals surface area contributed by atoms with E-state index in [-0.39, 0.29) is 24.8 Å². The summed E-state index contributed by atoms with van der Waals surface area (Å²) >= 11 is 0. The van der Waals surface area contributed by atoms with Crippen LogP contribution < -0.4 is 5.32 Å². The van der Waals surface area contributed by atoms with Gasteiger partial charge in [-0.15, -0.1) is 0 Å². The van der Waals surface area contributed by atoms with Crippen molar-refractivity contribution in [2.24, 2.45) is 0 Å². The van der Waals surface area contributed by atoms with Crippen molar-refractivity contribution < 1.29 is 14.7 Å². The number of aliphatic hydroxyl groups is 1. The third-order valence-electron chi connectivity index (χ3n) is 2.59. The van der Waals surface area contributed by atoms with Crippen LogP contribution in [-0.2, 0) is 4.79 Å². The first kappa shape index (κ1) is 15.7. The fourth-order valence-electron chi connectivity index (χ4n) is 1.43. The molecule has 2 N–H and O–H groups in total. The van der Waals surface area contributed by atoms with E-state index in [0.717, 1.165) is 0 Å². The van der Waals surface area contributed by atoms with Crippen molar-refractivity contribution in [3.05, 3.63) is 29.6 Å². The number of pyridine rings is 1. The normalized spacial score (nSPS) is 9.35. The maximum atomic E-state index is 12.0. The largest absolute Gasteiger partial charge is 0.384 e. The highest BCUT2D eigenvalue weighted by atomic mass is 16.2. The fraction of sp³-hybridized carbons (Fsp3) is 0.357. The first-order valence-corrected chi connectivity index (χ1v) is 6.10. The summed E-state index contributed by atoms with van der Waals surface area (Å²) in [7, 11) is 3.17. The van der Waals surface area contributed by atoms with Gasteiger partial charge in [0.2, 0.25) is 5.91 Å². The highest BCUT2D eigenvalue weighted by molar-refractivity contribution is 5.92. The molecule has 0 bridgehead atoms. The molecular formula is C14H17N3O3. The lowest BCUT2D eigenvalue weighted by atomic mass is 10.2. The summed E-state index contributed by atoms with van der Waals surface area (Å²) in [4.78, 5) is 28.6. The number of carbonyl (C=O) groups is 2. The van der Waals surface area contributed by atoms with Crippen LogP contribution in [0.5, 0.6) is 0 Å². The number of nitrogens with zero attached hydrogens (tertiary/aromatic N) is 2. The topological polar surface area (TPSA) is 82.5 Å². The number of hydrogen-bond donors (Lipinski definition) is 2. The van der Waals surface area contributed by atoms with E-state index in [9.17, 15) is 9.59 Å². The summed E-state index contributed by atoms with van der Waals surface area (Å²) in [6.45, 7) is 0.106. The van der Waals surface area contributed by atoms with Gasteiger partial charge in [0, 0.05) is 38.8 Å². The molecule has 20 heavy (non-hydrogen) atoms. The molecule has 1 rings (SSSR count). The van der Waals surface area contributed by atoms with Gasteiger partial charge in [-0.05, 0) is 12.1 Å². The Hall–Kier alpha value is -2.39. The molecule has 0 aromatic carbocycles. The van der Waals surface area contributed by atoms with Gasteiger partial charge in [-0.1, -0.05) is 11.8 Å². The quantitative estimate of drug-likeness (QED) is 0.735. The Balaban J connectivity index is 2.65. The lowest BCUT2D eigenvalue weighted by Crippen LogP contribution is -2.31. The zero-order valence-corrected chi connectivity index (χ0v) is 11.5. The van der Waals surface area contributed by atoms with Crippen LogP contribution in [0.2, 0.25) is 0 Å². The number of aliphatic hydroxyl groups excluding tert-OH is 1. The van der Waals surface area contributed by atoms with Gasteiger partial charge in [0.1, 0.15) is 12.3 Å². The number of carbonyl (C=O) groups excluding carboxylic acids is 2. The summed E-state index contributed by atoms with van der Waals surface area (Å²) in [6.07, 6.45) is 1.72. The number of rotatable bonds is 4. The first-order valence-electron chi connectivity index (χ1n) is 6.10. The van der Waals surface area contributed by atoms with E-state index in [4.69, 9.17) is 5.11 Å². The van der Waals surface area contributed by atoms with E-state index in [1.165, 1.54) is 11.1 Å². The third-order valence-corrected chi connectivity index (χ3v) is 2.59. The molecule has 6 nitrogen and oxygen atoms in total. The summed E-state index contributed by atoms with van der Waals surface area (Å²) < 4.78 is 0. The van der Waals surface area contributed by atoms with Crippen LogP contribution >= 0.6 is 0 Å². The van der Waals surface area contributed by atoms with Crippen molar-refractivity contribution >= 4 is 11.8 Å². The molecular weight excluding hydrogens is 258 g/mol. The average Bonchev–Trinajstić information content (AvgIpc) is 2.49. The summed E-state index contributed by atoms with van der Waals surface area (Å²) in [6, 6.07) is 3.23. The Morgan fingerprint density at radius 3 is 2.75 bits per heavy atom. The number of hydrogen-bond acceptors (Lipinski definition) is 4. The molecule has 0 saturated carbocycles. The minimum atomic E-state index is -0.254. The molecule has 0 atom stereocenters. The molecule has 0 radical (unpaired) electrons. The fourth-order valence-corrected chi connectivity index (χ4v) is 1.43. The van der Waals surface area contributed by atoms with Crippen molar-refractivity contribution in [1.82, 2.24) is 15.2 Å². The van der Waals surface area contributed by atoms with Crippen molar-refractivity contribution in [3.63, 3.8) is 0 Å². The molecule has 0 aliphatic carbocycles. The Morgan fingerprint density at radius 2 is 2.20 bits per heavy atom. The average molecular weight is 275 g/mol. The molecule has 1 aromatic rings. The van der Waals surface area contributed by atoms with Crippen LogP contribution in [0, 0.1) is 11.8 Å². The predicted molar refractivity (Wildman–Crippen MR) is 73.8 cm³/mol. The Morgan fingerprint density at radius 1 is 1.45 bits per heavy atom. The van der Waals surface area contributed by atoms with Gasteiger partial charge in [-0.3, -0.25) is 9.59 Å². The van der Waals surface area contributed by atoms with Gasteiger partial charge < -0.3 is 15.3 Å². The molecule has 0 aliphatic rings. The van der Waals surface area contributed by atoms with Crippen LogP contribution in [0.15, 0.2) is 18.3 Å². The highest BCUT2D eigenvalue weighted by Crippen LogP contribution is 2.03. The number of aromatic nitrogens is 1. The van der Waals surface area contributed by atoms with Crippen LogP contribution in [0.25, 0.3) is 0 Å². The lowest BCUT2D eigenvalue weighted by Gasteiger charge is -2.15. The summed E-state index contributed by atoms with van der Waals surface area (Å²) in [5, 5.41) is 11.1. The molecule has 106 valence electrons. The van der Waals surface area contributed by atoms with Crippen molar-refractivity contribution in [3.8, 4) is 11.8 Å². The van der Waals surface area contributed by atoms with Gasteiger partial charge >= 0.3 is 0 Å². The smallest absolute Gasteiger partial charge is 0.272 e. The second-order valence-electron chi connectivity index (χ2n) is 4.04. The van der Waals surface area contributed by atoms with Crippen LogP contribution in [-0.4, -0.2) is 54.1 Å². The van der Waals surface area contributed by atoms with Gasteiger partial charge in [-0.2, -0.15) is 0 Å². The monoisotopic (exact) mass is 275 g/mol. The van der Waals surface area contributed by atoms with Crippen LogP contribution in [0.3, 0.4) is 0 Å². The molecule has 1 aromatic heterocycles. The van der Waals surface area contributed by atoms with Crippen LogP contribution in [0.4, 0.5) is 0 Å². The maximum absolute atomic E-state index is 12.0. The van der Waals surface area contributed by atoms with E-state index in [1.54, 1.807) is 26.2 Å². The van der Waals surface area contributed by atoms with E-state index in [2.05, 4.69) is 22.1 Å². The molecule has 1 heterocycles. The predicted octanol–water partition coefficient (Wildman–Crippen LogP) is -0.367. The molecule has 2 amide bonds. The molecule has 0 spiro atoms. The van der Waals surface area contributed by atoms with Gasteiger partial charge in [0.05, 0.1) is 0 Å². The van der Waals surface area contributed by atoms with E-state index < -0.39 is 0 Å². The van der Waals surface area contributed by atoms with Crippen LogP contribution in [0.1, 0.15) is 22.5 Å². The molecule has 0 fully saturated rings. The minimum absolute atomic E-state index is 0.118. The SMILES string of the molecule is CNC(=O)CCN(C)C(=O)c1ccc(C#CCO)cn1. The summed E-state index contributed by atoms with van der Waals surface area (Å²) in [5.74, 6) is 4.83. The second-order valence-corrected chi connectivity index (χ2v) is 4.04. The number of nitrogens with one attached hydrogen (secondary N) is 1. The summed E-state index contributed by atoms with van der Waals surface area (Å²) in [5.41, 5.74) is 0.919. The first-order chi connectivity index (χ1) is 9.58. The molecule has 0 saturated heterocycles. The minimum Gasteiger partial charge on any atom is -0.384 e.